The molecule has 0 aromatic carbocycles. The van der Waals surface area contributed by atoms with Gasteiger partial charge in [0.1, 0.15) is 13.6 Å². The second-order valence-corrected chi connectivity index (χ2v) is 3.25. The second-order valence-electron chi connectivity index (χ2n) is 1.62. The molecular formula is C6H13O4Si. The van der Waals surface area contributed by atoms with Gasteiger partial charge in [-0.25, -0.2) is 0 Å². The molecule has 0 fully saturated rings. The molecule has 0 N–H and O–H groups in total. The van der Waals surface area contributed by atoms with Gasteiger partial charge in [-0.15, -0.1) is 6.58 Å². The van der Waals surface area contributed by atoms with Crippen LogP contribution in [0.3, 0.4) is 0 Å². The largest absolute Gasteiger partial charge is 0.418 e. The van der Waals surface area contributed by atoms with Crippen LogP contribution >= 0.6 is 0 Å². The minimum Gasteiger partial charge on any atom is -0.366 e. The third-order valence-corrected chi connectivity index (χ3v) is 1.94. The fraction of sp³-hybridized carbons (Fsp3) is 0.667. The highest BCUT2D eigenvalue weighted by Gasteiger charge is 2.09. The summed E-state index contributed by atoms with van der Waals surface area (Å²) in [5.41, 5.74) is 1.63. The molecule has 11 heavy (non-hydrogen) atoms. The molecule has 0 aromatic rings. The monoisotopic (exact) mass is 177 g/mol. The average Bonchev–Trinajstić information content (AvgIpc) is 2.05. The Morgan fingerprint density at radius 3 is 1.91 bits per heavy atom. The van der Waals surface area contributed by atoms with Crippen LogP contribution in [0.2, 0.25) is 0 Å². The summed E-state index contributed by atoms with van der Waals surface area (Å²) < 4.78 is 19.6. The normalized spacial score (nSPS) is 10.5. The summed E-state index contributed by atoms with van der Waals surface area (Å²) in [5, 5.41) is 0. The Kier molecular flexibility index (Phi) is 7.75. The predicted octanol–water partition coefficient (Wildman–Crippen LogP) is 0.441. The molecule has 4 nitrogen and oxygen atoms in total. The lowest BCUT2D eigenvalue weighted by molar-refractivity contribution is -0.00360. The van der Waals surface area contributed by atoms with E-state index in [1.807, 2.05) is 0 Å². The first kappa shape index (κ1) is 10.8. The maximum absolute atomic E-state index is 5.10. The summed E-state index contributed by atoms with van der Waals surface area (Å²) in [6.07, 6.45) is 0. The first-order valence-electron chi connectivity index (χ1n) is 3.08. The van der Waals surface area contributed by atoms with E-state index in [0.717, 1.165) is 0 Å². The lowest BCUT2D eigenvalue weighted by atomic mass is 11.3. The average molecular weight is 177 g/mol. The summed E-state index contributed by atoms with van der Waals surface area (Å²) in [6.45, 7) is 4.00. The van der Waals surface area contributed by atoms with Crippen LogP contribution in [0.4, 0.5) is 0 Å². The van der Waals surface area contributed by atoms with Crippen molar-refractivity contribution in [2.24, 2.45) is 0 Å². The van der Waals surface area contributed by atoms with Crippen molar-refractivity contribution < 1.29 is 18.3 Å². The van der Waals surface area contributed by atoms with Crippen molar-refractivity contribution in [1.82, 2.24) is 0 Å². The summed E-state index contributed by atoms with van der Waals surface area (Å²) in [4.78, 5) is 0. The molecule has 0 bridgehead atoms. The van der Waals surface area contributed by atoms with E-state index >= 15 is 0 Å². The number of ether oxygens (including phenoxy) is 2. The van der Waals surface area contributed by atoms with Crippen molar-refractivity contribution >= 4 is 9.28 Å². The maximum atomic E-state index is 5.10. The molecule has 5 heteroatoms. The van der Waals surface area contributed by atoms with Gasteiger partial charge < -0.3 is 18.3 Å². The molecule has 0 rings (SSSR count). The summed E-state index contributed by atoms with van der Waals surface area (Å²) in [5.74, 6) is 0. The summed E-state index contributed by atoms with van der Waals surface area (Å²) in [6, 6.07) is 0. The minimum absolute atomic E-state index is 0.226. The van der Waals surface area contributed by atoms with Crippen LogP contribution in [0.1, 0.15) is 0 Å². The molecule has 1 radical (unpaired) electrons. The first-order valence-corrected chi connectivity index (χ1v) is 4.47. The highest BCUT2D eigenvalue weighted by atomic mass is 28.3. The van der Waals surface area contributed by atoms with Gasteiger partial charge in [0.05, 0.1) is 0 Å². The molecule has 0 atom stereocenters. The standard InChI is InChI=1S/C6H13O4Si/c1-4-11(9-5-7-2)10-6-8-3/h4H,1,5-6H2,2-3H3. The Bertz CT molecular complexity index is 90.6. The van der Waals surface area contributed by atoms with Crippen LogP contribution < -0.4 is 0 Å². The highest BCUT2D eigenvalue weighted by molar-refractivity contribution is 6.50. The topological polar surface area (TPSA) is 36.9 Å². The quantitative estimate of drug-likeness (QED) is 0.418. The molecule has 0 amide bonds. The van der Waals surface area contributed by atoms with Crippen LogP contribution in [0, 0.1) is 0 Å². The minimum atomic E-state index is -1.40. The molecule has 65 valence electrons. The second kappa shape index (κ2) is 7.90. The van der Waals surface area contributed by atoms with Crippen molar-refractivity contribution in [2.75, 3.05) is 27.8 Å². The third-order valence-electron chi connectivity index (χ3n) is 0.805. The summed E-state index contributed by atoms with van der Waals surface area (Å²) in [7, 11) is 1.71. The number of hydrogen-bond acceptors (Lipinski definition) is 4. The van der Waals surface area contributed by atoms with Crippen LogP contribution in [-0.4, -0.2) is 37.1 Å². The van der Waals surface area contributed by atoms with E-state index in [0.29, 0.717) is 0 Å². The molecule has 0 spiro atoms. The van der Waals surface area contributed by atoms with Crippen LogP contribution in [-0.2, 0) is 18.3 Å². The number of rotatable bonds is 7. The Morgan fingerprint density at radius 2 is 1.64 bits per heavy atom. The van der Waals surface area contributed by atoms with Crippen molar-refractivity contribution in [3.05, 3.63) is 12.3 Å². The molecule has 0 aromatic heterocycles. The van der Waals surface area contributed by atoms with Gasteiger partial charge in [-0.3, -0.25) is 0 Å². The Hall–Kier alpha value is -0.203. The van der Waals surface area contributed by atoms with E-state index < -0.39 is 9.28 Å². The SMILES string of the molecule is C=C[Si](OCOC)OCOC. The van der Waals surface area contributed by atoms with E-state index in [-0.39, 0.29) is 13.6 Å². The van der Waals surface area contributed by atoms with Gasteiger partial charge in [-0.1, -0.05) is 0 Å². The van der Waals surface area contributed by atoms with Gasteiger partial charge in [0, 0.05) is 14.2 Å². The molecule has 0 unspecified atom stereocenters. The molecular weight excluding hydrogens is 164 g/mol. The fourth-order valence-corrected chi connectivity index (χ4v) is 1.18. The van der Waals surface area contributed by atoms with E-state index in [1.54, 1.807) is 19.9 Å². The van der Waals surface area contributed by atoms with Gasteiger partial charge in [0.2, 0.25) is 0 Å². The smallest absolute Gasteiger partial charge is 0.366 e. The third kappa shape index (κ3) is 6.21. The highest BCUT2D eigenvalue weighted by Crippen LogP contribution is 1.90. The van der Waals surface area contributed by atoms with Gasteiger partial charge in [-0.05, 0) is 5.70 Å². The van der Waals surface area contributed by atoms with Crippen LogP contribution in [0.15, 0.2) is 12.3 Å². The lowest BCUT2D eigenvalue weighted by Crippen LogP contribution is -2.22. The van der Waals surface area contributed by atoms with Crippen LogP contribution in [0.25, 0.3) is 0 Å². The van der Waals surface area contributed by atoms with Crippen molar-refractivity contribution in [3.8, 4) is 0 Å². The molecule has 0 aliphatic rings. The van der Waals surface area contributed by atoms with Gasteiger partial charge in [-0.2, -0.15) is 0 Å². The zero-order chi connectivity index (χ0) is 8.53. The Morgan fingerprint density at radius 1 is 1.18 bits per heavy atom. The zero-order valence-corrected chi connectivity index (χ0v) is 7.83. The molecule has 0 aliphatic carbocycles. The Labute approximate surface area is 68.6 Å². The van der Waals surface area contributed by atoms with Crippen LogP contribution in [0.5, 0.6) is 0 Å². The van der Waals surface area contributed by atoms with E-state index in [9.17, 15) is 0 Å². The van der Waals surface area contributed by atoms with Gasteiger partial charge in [0.25, 0.3) is 0 Å². The van der Waals surface area contributed by atoms with Crippen molar-refractivity contribution in [1.29, 1.82) is 0 Å². The molecule has 0 aliphatic heterocycles. The maximum Gasteiger partial charge on any atom is 0.418 e. The van der Waals surface area contributed by atoms with Crippen molar-refractivity contribution in [2.45, 2.75) is 0 Å². The van der Waals surface area contributed by atoms with Gasteiger partial charge in [0.15, 0.2) is 0 Å². The number of hydrogen-bond donors (Lipinski definition) is 0. The Balaban J connectivity index is 3.33. The zero-order valence-electron chi connectivity index (χ0n) is 6.83. The molecule has 0 saturated heterocycles. The first-order chi connectivity index (χ1) is 5.35. The lowest BCUT2D eigenvalue weighted by Gasteiger charge is -2.09. The number of methoxy groups -OCH3 is 2. The molecule has 0 saturated carbocycles. The van der Waals surface area contributed by atoms with E-state index in [2.05, 4.69) is 16.1 Å². The fourth-order valence-electron chi connectivity index (χ4n) is 0.394. The van der Waals surface area contributed by atoms with E-state index in [1.165, 1.54) is 0 Å². The van der Waals surface area contributed by atoms with Crippen molar-refractivity contribution in [3.63, 3.8) is 0 Å². The van der Waals surface area contributed by atoms with E-state index in [4.69, 9.17) is 8.85 Å². The predicted molar refractivity (Wildman–Crippen MR) is 41.9 cm³/mol. The summed E-state index contributed by atoms with van der Waals surface area (Å²) >= 11 is 0. The molecule has 0 heterocycles. The van der Waals surface area contributed by atoms with Gasteiger partial charge >= 0.3 is 9.28 Å².